The van der Waals surface area contributed by atoms with Crippen LogP contribution in [0.25, 0.3) is 0 Å². The molecule has 0 radical (unpaired) electrons. The molecule has 0 aromatic carbocycles. The van der Waals surface area contributed by atoms with E-state index in [9.17, 15) is 4.57 Å². The second kappa shape index (κ2) is 7.06. The lowest BCUT2D eigenvalue weighted by Crippen LogP contribution is -2.29. The fraction of sp³-hybridized carbons (Fsp3) is 1.00. The first-order chi connectivity index (χ1) is 8.39. The highest BCUT2D eigenvalue weighted by Crippen LogP contribution is 2.88. The number of hydrogen-bond acceptors (Lipinski definition) is 2. The van der Waals surface area contributed by atoms with E-state index in [0.717, 1.165) is 19.4 Å². The molecule has 0 saturated carbocycles. The van der Waals surface area contributed by atoms with Crippen molar-refractivity contribution in [3.8, 4) is 0 Å². The summed E-state index contributed by atoms with van der Waals surface area (Å²) in [5, 5.41) is -0.402. The van der Waals surface area contributed by atoms with Crippen molar-refractivity contribution in [3.05, 3.63) is 0 Å². The minimum atomic E-state index is -2.45. The third-order valence-corrected chi connectivity index (χ3v) is 15.8. The van der Waals surface area contributed by atoms with Crippen LogP contribution in [0.4, 0.5) is 0 Å². The van der Waals surface area contributed by atoms with Gasteiger partial charge in [-0.05, 0) is 6.42 Å². The first-order valence-electron chi connectivity index (χ1n) is 7.42. The zero-order chi connectivity index (χ0) is 15.5. The van der Waals surface area contributed by atoms with Gasteiger partial charge in [-0.15, -0.1) is 0 Å². The number of rotatable bonds is 6. The molecule has 0 rings (SSSR count). The third-order valence-electron chi connectivity index (χ3n) is 3.26. The molecule has 0 aliphatic heterocycles. The Morgan fingerprint density at radius 3 is 1.74 bits per heavy atom. The van der Waals surface area contributed by atoms with E-state index in [1.54, 1.807) is 0 Å². The van der Waals surface area contributed by atoms with Crippen molar-refractivity contribution in [2.45, 2.75) is 91.1 Å². The molecule has 0 aromatic rings. The average Bonchev–Trinajstić information content (AvgIpc) is 2.19. The van der Waals surface area contributed by atoms with Crippen LogP contribution in [0.2, 0.25) is 0 Å². The Kier molecular flexibility index (Phi) is 7.29. The van der Waals surface area contributed by atoms with Gasteiger partial charge in [0.1, 0.15) is 6.83 Å². The van der Waals surface area contributed by atoms with Gasteiger partial charge in [-0.2, -0.15) is 0 Å². The standard InChI is InChI=1S/C15H34O2P2/c1-10-11-12-17-18(13(2)3)19(16,14(4,5)6)15(7,8)9/h13H,10-12H2,1-9H3. The summed E-state index contributed by atoms with van der Waals surface area (Å²) in [5.74, 6) is 0. The molecule has 0 aromatic heterocycles. The second-order valence-electron chi connectivity index (χ2n) is 7.50. The predicted molar refractivity (Wildman–Crippen MR) is 90.0 cm³/mol. The van der Waals surface area contributed by atoms with E-state index in [-0.39, 0.29) is 10.3 Å². The average molecular weight is 308 g/mol. The second-order valence-corrected chi connectivity index (χ2v) is 16.1. The molecule has 1 unspecified atom stereocenters. The maximum Gasteiger partial charge on any atom is 0.144 e. The molecular formula is C15H34O2P2. The van der Waals surface area contributed by atoms with Crippen LogP contribution < -0.4 is 0 Å². The van der Waals surface area contributed by atoms with Crippen LogP contribution in [0.5, 0.6) is 0 Å². The first kappa shape index (κ1) is 19.6. The number of hydrogen-bond donors (Lipinski definition) is 0. The topological polar surface area (TPSA) is 26.3 Å². The van der Waals surface area contributed by atoms with Gasteiger partial charge in [-0.1, -0.05) is 68.7 Å². The van der Waals surface area contributed by atoms with E-state index in [1.165, 1.54) is 0 Å². The molecule has 0 aliphatic carbocycles. The molecule has 0 heterocycles. The van der Waals surface area contributed by atoms with E-state index in [0.29, 0.717) is 5.66 Å². The summed E-state index contributed by atoms with van der Waals surface area (Å²) in [4.78, 5) is 0. The molecule has 19 heavy (non-hydrogen) atoms. The molecule has 0 spiro atoms. The Balaban J connectivity index is 5.48. The molecule has 2 nitrogen and oxygen atoms in total. The molecule has 1 atom stereocenters. The van der Waals surface area contributed by atoms with Crippen molar-refractivity contribution < 1.29 is 9.09 Å². The van der Waals surface area contributed by atoms with Gasteiger partial charge in [0.05, 0.1) is 14.4 Å². The molecule has 116 valence electrons. The molecule has 0 aliphatic rings. The first-order valence-corrected chi connectivity index (χ1v) is 11.2. The largest absolute Gasteiger partial charge is 0.351 e. The van der Waals surface area contributed by atoms with E-state index < -0.39 is 14.7 Å². The Morgan fingerprint density at radius 1 is 1.05 bits per heavy atom. The predicted octanol–water partition coefficient (Wildman–Crippen LogP) is 6.48. The van der Waals surface area contributed by atoms with Crippen LogP contribution in [-0.2, 0) is 9.09 Å². The summed E-state index contributed by atoms with van der Waals surface area (Å²) < 4.78 is 20.1. The molecule has 0 bridgehead atoms. The van der Waals surface area contributed by atoms with Crippen LogP contribution in [0.1, 0.15) is 75.2 Å². The fourth-order valence-electron chi connectivity index (χ4n) is 2.46. The third kappa shape index (κ3) is 4.55. The fourth-order valence-corrected chi connectivity index (χ4v) is 13.3. The van der Waals surface area contributed by atoms with Crippen LogP contribution in [0.3, 0.4) is 0 Å². The van der Waals surface area contributed by atoms with Gasteiger partial charge >= 0.3 is 0 Å². The monoisotopic (exact) mass is 308 g/mol. The maximum absolute atomic E-state index is 13.9. The normalized spacial score (nSPS) is 15.9. The zero-order valence-electron chi connectivity index (χ0n) is 14.4. The summed E-state index contributed by atoms with van der Waals surface area (Å²) in [5.41, 5.74) is 0.344. The lowest BCUT2D eigenvalue weighted by Gasteiger charge is -2.46. The molecule has 0 amide bonds. The van der Waals surface area contributed by atoms with Gasteiger partial charge in [0.2, 0.25) is 0 Å². The summed E-state index contributed by atoms with van der Waals surface area (Å²) in [6.07, 6.45) is 2.18. The molecule has 0 fully saturated rings. The Hall–Kier alpha value is 0.620. The van der Waals surface area contributed by atoms with Gasteiger partial charge in [0, 0.05) is 16.0 Å². The number of unbranched alkanes of at least 4 members (excludes halogenated alkanes) is 1. The highest BCUT2D eigenvalue weighted by atomic mass is 32.1. The molecule has 0 saturated heterocycles. The minimum absolute atomic E-state index is 0.201. The molecule has 4 heteroatoms. The van der Waals surface area contributed by atoms with Crippen molar-refractivity contribution >= 4 is 14.7 Å². The van der Waals surface area contributed by atoms with Crippen LogP contribution >= 0.6 is 14.7 Å². The molecular weight excluding hydrogens is 274 g/mol. The Labute approximate surface area is 122 Å². The Bertz CT molecular complexity index is 293. The zero-order valence-corrected chi connectivity index (χ0v) is 16.2. The Morgan fingerprint density at radius 2 is 1.47 bits per heavy atom. The van der Waals surface area contributed by atoms with Gasteiger partial charge in [0.15, 0.2) is 0 Å². The van der Waals surface area contributed by atoms with E-state index in [2.05, 4.69) is 62.3 Å². The summed E-state index contributed by atoms with van der Waals surface area (Å²) in [6.45, 7) is 17.4. The van der Waals surface area contributed by atoms with Gasteiger partial charge in [0.25, 0.3) is 0 Å². The lowest BCUT2D eigenvalue weighted by atomic mass is 10.2. The smallest absolute Gasteiger partial charge is 0.144 e. The van der Waals surface area contributed by atoms with Crippen LogP contribution in [0, 0.1) is 0 Å². The SMILES string of the molecule is CCCCOP(C(C)C)P(=O)(C(C)(C)C)C(C)(C)C. The summed E-state index contributed by atoms with van der Waals surface area (Å²) in [6, 6.07) is 0. The molecule has 0 N–H and O–H groups in total. The van der Waals surface area contributed by atoms with Crippen molar-refractivity contribution in [2.24, 2.45) is 0 Å². The van der Waals surface area contributed by atoms with Crippen molar-refractivity contribution in [1.29, 1.82) is 0 Å². The van der Waals surface area contributed by atoms with E-state index in [1.807, 2.05) is 0 Å². The minimum Gasteiger partial charge on any atom is -0.351 e. The maximum atomic E-state index is 13.9. The van der Waals surface area contributed by atoms with Crippen LogP contribution in [0.15, 0.2) is 0 Å². The summed E-state index contributed by atoms with van der Waals surface area (Å²) in [7, 11) is -0.897. The van der Waals surface area contributed by atoms with E-state index >= 15 is 0 Å². The quantitative estimate of drug-likeness (QED) is 0.414. The van der Waals surface area contributed by atoms with Crippen molar-refractivity contribution in [1.82, 2.24) is 0 Å². The highest BCUT2D eigenvalue weighted by molar-refractivity contribution is 8.32. The van der Waals surface area contributed by atoms with E-state index in [4.69, 9.17) is 4.52 Å². The highest BCUT2D eigenvalue weighted by Gasteiger charge is 2.53. The van der Waals surface area contributed by atoms with Crippen molar-refractivity contribution in [2.75, 3.05) is 6.61 Å². The lowest BCUT2D eigenvalue weighted by molar-refractivity contribution is 0.343. The van der Waals surface area contributed by atoms with Gasteiger partial charge in [-0.3, -0.25) is 0 Å². The summed E-state index contributed by atoms with van der Waals surface area (Å²) >= 11 is 0. The van der Waals surface area contributed by atoms with Gasteiger partial charge < -0.3 is 9.09 Å². The van der Waals surface area contributed by atoms with Crippen molar-refractivity contribution in [3.63, 3.8) is 0 Å². The van der Waals surface area contributed by atoms with Crippen LogP contribution in [-0.4, -0.2) is 22.6 Å². The van der Waals surface area contributed by atoms with Gasteiger partial charge in [-0.25, -0.2) is 0 Å².